The second-order valence-electron chi connectivity index (χ2n) is 12.7. The van der Waals surface area contributed by atoms with Crippen LogP contribution in [0.5, 0.6) is 17.2 Å². The molecule has 44 heavy (non-hydrogen) atoms. The van der Waals surface area contributed by atoms with E-state index >= 15 is 0 Å². The van der Waals surface area contributed by atoms with Gasteiger partial charge in [-0.2, -0.15) is 0 Å². The summed E-state index contributed by atoms with van der Waals surface area (Å²) in [5.74, 6) is 3.22. The number of amides is 1. The molecule has 1 aliphatic heterocycles. The summed E-state index contributed by atoms with van der Waals surface area (Å²) < 4.78 is 31.9. The molecule has 1 aliphatic carbocycles. The highest BCUT2D eigenvalue weighted by Crippen LogP contribution is 2.43. The maximum absolute atomic E-state index is 14.3. The molecule has 6 heteroatoms. The predicted molar refractivity (Wildman–Crippen MR) is 175 cm³/mol. The van der Waals surface area contributed by atoms with Gasteiger partial charge in [0.1, 0.15) is 11.6 Å². The van der Waals surface area contributed by atoms with Crippen molar-refractivity contribution in [3.63, 3.8) is 0 Å². The molecule has 1 fully saturated rings. The van der Waals surface area contributed by atoms with Crippen molar-refractivity contribution in [2.75, 3.05) is 25.2 Å². The topological polar surface area (TPSA) is 48.0 Å². The van der Waals surface area contributed by atoms with Gasteiger partial charge in [0.2, 0.25) is 5.91 Å². The Kier molecular flexibility index (Phi) is 10.8. The molecule has 3 atom stereocenters. The van der Waals surface area contributed by atoms with Crippen molar-refractivity contribution < 1.29 is 23.4 Å². The largest absolute Gasteiger partial charge is 0.493 e. The molecular weight excluding hydrogens is 553 g/mol. The lowest BCUT2D eigenvalue weighted by atomic mass is 9.71. The fourth-order valence-corrected chi connectivity index (χ4v) is 7.30. The summed E-state index contributed by atoms with van der Waals surface area (Å²) in [5, 5.41) is 0. The minimum Gasteiger partial charge on any atom is -0.493 e. The molecular formula is C38H48FNO4. The monoisotopic (exact) mass is 601 g/mol. The average molecular weight is 602 g/mol. The third-order valence-electron chi connectivity index (χ3n) is 9.39. The second-order valence-corrected chi connectivity index (χ2v) is 12.7. The number of methoxy groups -OCH3 is 1. The van der Waals surface area contributed by atoms with Crippen LogP contribution in [0.2, 0.25) is 0 Å². The summed E-state index contributed by atoms with van der Waals surface area (Å²) in [6.07, 6.45) is 8.14. The molecule has 5 rings (SSSR count). The van der Waals surface area contributed by atoms with E-state index < -0.39 is 0 Å². The Balaban J connectivity index is 1.39. The molecule has 0 N–H and O–H groups in total. The standard InChI is InChI=1S/C38H48FNO4/c1-5-9-32(10-6-2)40(33-14-15-34(39)26(3)19-33)38(41)23-27-20-28(25-44-37-12-8-7-11-36(37)42-4)22-31(21-27)29-13-16-35-30(24-29)17-18-43-35/h7-8,11-16,19,24,27-28,31-32H,5-6,9-10,17-18,20-23,25H2,1-4H3/t27?,28-,31+/m1/s1. The predicted octanol–water partition coefficient (Wildman–Crippen LogP) is 9.05. The molecule has 0 aromatic heterocycles. The lowest BCUT2D eigenvalue weighted by molar-refractivity contribution is -0.120. The Morgan fingerprint density at radius 2 is 1.73 bits per heavy atom. The minimum atomic E-state index is -0.239. The zero-order valence-electron chi connectivity index (χ0n) is 26.8. The molecule has 2 aliphatic rings. The number of rotatable bonds is 13. The lowest BCUT2D eigenvalue weighted by Crippen LogP contribution is -2.42. The van der Waals surface area contributed by atoms with E-state index in [4.69, 9.17) is 14.2 Å². The molecule has 3 aromatic rings. The Morgan fingerprint density at radius 1 is 0.977 bits per heavy atom. The fourth-order valence-electron chi connectivity index (χ4n) is 7.30. The number of hydrogen-bond donors (Lipinski definition) is 0. The second kappa shape index (κ2) is 15.0. The van der Waals surface area contributed by atoms with Gasteiger partial charge >= 0.3 is 0 Å². The van der Waals surface area contributed by atoms with Crippen LogP contribution >= 0.6 is 0 Å². The summed E-state index contributed by atoms with van der Waals surface area (Å²) in [6, 6.07) is 19.6. The average Bonchev–Trinajstić information content (AvgIpc) is 3.50. The molecule has 0 radical (unpaired) electrons. The van der Waals surface area contributed by atoms with Gasteiger partial charge in [0, 0.05) is 24.6 Å². The molecule has 0 spiro atoms. The van der Waals surface area contributed by atoms with E-state index in [2.05, 4.69) is 32.0 Å². The minimum absolute atomic E-state index is 0.100. The first-order chi connectivity index (χ1) is 21.4. The van der Waals surface area contributed by atoms with E-state index in [-0.39, 0.29) is 23.7 Å². The first-order valence-corrected chi connectivity index (χ1v) is 16.5. The summed E-state index contributed by atoms with van der Waals surface area (Å²) in [5.41, 5.74) is 3.98. The van der Waals surface area contributed by atoms with Crippen LogP contribution in [0.1, 0.15) is 87.8 Å². The van der Waals surface area contributed by atoms with Gasteiger partial charge in [-0.05, 0) is 110 Å². The number of fused-ring (bicyclic) bond motifs is 1. The summed E-state index contributed by atoms with van der Waals surface area (Å²) >= 11 is 0. The van der Waals surface area contributed by atoms with Gasteiger partial charge in [0.25, 0.3) is 0 Å². The number of benzene rings is 3. The zero-order valence-corrected chi connectivity index (χ0v) is 26.8. The third kappa shape index (κ3) is 7.57. The first-order valence-electron chi connectivity index (χ1n) is 16.5. The fraction of sp³-hybridized carbons (Fsp3) is 0.500. The van der Waals surface area contributed by atoms with E-state index in [1.807, 2.05) is 35.2 Å². The van der Waals surface area contributed by atoms with E-state index in [1.165, 1.54) is 17.2 Å². The first kappa shape index (κ1) is 31.9. The van der Waals surface area contributed by atoms with Crippen molar-refractivity contribution in [3.8, 4) is 17.2 Å². The van der Waals surface area contributed by atoms with Crippen molar-refractivity contribution in [1.29, 1.82) is 0 Å². The maximum Gasteiger partial charge on any atom is 0.227 e. The van der Waals surface area contributed by atoms with Gasteiger partial charge in [-0.25, -0.2) is 4.39 Å². The molecule has 236 valence electrons. The Labute approximate surface area is 262 Å². The van der Waals surface area contributed by atoms with Crippen LogP contribution in [0.3, 0.4) is 0 Å². The SMILES string of the molecule is CCCC(CCC)N(C(=O)CC1C[C@@H](COc2ccccc2OC)C[C@@H](c2ccc3c(c2)CCO3)C1)c1ccc(F)c(C)c1. The highest BCUT2D eigenvalue weighted by Gasteiger charge is 2.34. The summed E-state index contributed by atoms with van der Waals surface area (Å²) in [4.78, 5) is 16.3. The maximum atomic E-state index is 14.3. The number of ether oxygens (including phenoxy) is 3. The number of carbonyl (C=O) groups is 1. The van der Waals surface area contributed by atoms with Crippen LogP contribution in [0, 0.1) is 24.6 Å². The quantitative estimate of drug-likeness (QED) is 0.196. The number of para-hydroxylation sites is 2. The van der Waals surface area contributed by atoms with Gasteiger partial charge in [-0.3, -0.25) is 4.79 Å². The Bertz CT molecular complexity index is 1400. The normalized spacial score (nSPS) is 19.4. The van der Waals surface area contributed by atoms with Crippen LogP contribution in [0.15, 0.2) is 60.7 Å². The number of hydrogen-bond acceptors (Lipinski definition) is 4. The highest BCUT2D eigenvalue weighted by atomic mass is 19.1. The van der Waals surface area contributed by atoms with E-state index in [0.29, 0.717) is 30.4 Å². The number of halogens is 1. The van der Waals surface area contributed by atoms with Crippen molar-refractivity contribution in [1.82, 2.24) is 0 Å². The van der Waals surface area contributed by atoms with Crippen molar-refractivity contribution in [2.45, 2.75) is 90.5 Å². The molecule has 3 aromatic carbocycles. The van der Waals surface area contributed by atoms with Crippen molar-refractivity contribution >= 4 is 11.6 Å². The van der Waals surface area contributed by atoms with E-state index in [9.17, 15) is 9.18 Å². The molecule has 0 saturated heterocycles. The third-order valence-corrected chi connectivity index (χ3v) is 9.39. The number of aryl methyl sites for hydroxylation is 1. The van der Waals surface area contributed by atoms with Gasteiger partial charge < -0.3 is 19.1 Å². The van der Waals surface area contributed by atoms with Gasteiger partial charge in [0.15, 0.2) is 11.5 Å². The highest BCUT2D eigenvalue weighted by molar-refractivity contribution is 5.94. The van der Waals surface area contributed by atoms with Crippen molar-refractivity contribution in [2.24, 2.45) is 11.8 Å². The molecule has 1 unspecified atom stereocenters. The molecule has 1 saturated carbocycles. The number of carbonyl (C=O) groups excluding carboxylic acids is 1. The Morgan fingerprint density at radius 3 is 2.45 bits per heavy atom. The molecule has 1 heterocycles. The Hall–Kier alpha value is -3.54. The van der Waals surface area contributed by atoms with Crippen molar-refractivity contribution in [3.05, 3.63) is 83.2 Å². The van der Waals surface area contributed by atoms with Crippen LogP contribution in [0.4, 0.5) is 10.1 Å². The van der Waals surface area contributed by atoms with Gasteiger partial charge in [0.05, 0.1) is 20.3 Å². The van der Waals surface area contributed by atoms with Crippen LogP contribution in [-0.2, 0) is 11.2 Å². The van der Waals surface area contributed by atoms with Crippen LogP contribution in [0.25, 0.3) is 0 Å². The van der Waals surface area contributed by atoms with Crippen LogP contribution < -0.4 is 19.1 Å². The number of nitrogens with zero attached hydrogens (tertiary/aromatic N) is 1. The lowest BCUT2D eigenvalue weighted by Gasteiger charge is -2.38. The van der Waals surface area contributed by atoms with E-state index in [0.717, 1.165) is 80.9 Å². The summed E-state index contributed by atoms with van der Waals surface area (Å²) in [6.45, 7) is 7.42. The van der Waals surface area contributed by atoms with Gasteiger partial charge in [-0.15, -0.1) is 0 Å². The van der Waals surface area contributed by atoms with Crippen LogP contribution in [-0.4, -0.2) is 32.3 Å². The number of anilines is 1. The van der Waals surface area contributed by atoms with Gasteiger partial charge in [-0.1, -0.05) is 51.0 Å². The zero-order chi connectivity index (χ0) is 31.1. The van der Waals surface area contributed by atoms with E-state index in [1.54, 1.807) is 20.1 Å². The smallest absolute Gasteiger partial charge is 0.227 e. The summed E-state index contributed by atoms with van der Waals surface area (Å²) in [7, 11) is 1.66. The molecule has 5 nitrogen and oxygen atoms in total. The molecule has 0 bridgehead atoms. The molecule has 1 amide bonds.